The number of carboxylic acid groups (broad SMARTS) is 1. The van der Waals surface area contributed by atoms with Gasteiger partial charge < -0.3 is 19.8 Å². The Labute approximate surface area is 193 Å². The number of carbonyl (C=O) groups is 2. The van der Waals surface area contributed by atoms with Crippen LogP contribution in [0.5, 0.6) is 0 Å². The van der Waals surface area contributed by atoms with E-state index in [9.17, 15) is 20.0 Å². The first kappa shape index (κ1) is 21.9. The molecule has 0 saturated carbocycles. The average molecular weight is 460 g/mol. The van der Waals surface area contributed by atoms with E-state index >= 15 is 0 Å². The molecule has 1 amide bonds. The highest BCUT2D eigenvalue weighted by atomic mass is 35.5. The van der Waals surface area contributed by atoms with Crippen molar-refractivity contribution in [3.05, 3.63) is 88.3 Å². The summed E-state index contributed by atoms with van der Waals surface area (Å²) in [5.74, 6) is -1.01. The number of H-pyrrole nitrogens is 1. The molecule has 7 nitrogen and oxygen atoms in total. The molecule has 4 rings (SSSR count). The Balaban J connectivity index is 1.45. The lowest BCUT2D eigenvalue weighted by Gasteiger charge is -2.04. The Hall–Kier alpha value is -4.28. The van der Waals surface area contributed by atoms with Crippen molar-refractivity contribution < 1.29 is 19.1 Å². The average Bonchev–Trinajstić information content (AvgIpc) is 3.45. The number of benzene rings is 2. The Kier molecular flexibility index (Phi) is 6.29. The number of carbonyl (C=O) groups excluding carboxylic acids is 1. The van der Waals surface area contributed by atoms with Crippen LogP contribution in [0.2, 0.25) is 5.02 Å². The topological polar surface area (TPSA) is 119 Å². The predicted octanol–water partition coefficient (Wildman–Crippen LogP) is 5.05. The Morgan fingerprint density at radius 1 is 1.18 bits per heavy atom. The summed E-state index contributed by atoms with van der Waals surface area (Å²) in [6, 6.07) is 17.2. The van der Waals surface area contributed by atoms with Crippen LogP contribution < -0.4 is 5.32 Å². The lowest BCUT2D eigenvalue weighted by atomic mass is 10.1. The molecule has 0 atom stereocenters. The van der Waals surface area contributed by atoms with Gasteiger partial charge in [-0.2, -0.15) is 5.26 Å². The number of rotatable bonds is 7. The number of halogens is 1. The van der Waals surface area contributed by atoms with Crippen LogP contribution in [0.3, 0.4) is 0 Å². The smallest absolute Gasteiger partial charge is 0.335 e. The van der Waals surface area contributed by atoms with Crippen LogP contribution >= 0.6 is 11.6 Å². The van der Waals surface area contributed by atoms with Gasteiger partial charge in [0.2, 0.25) is 0 Å². The molecule has 0 saturated heterocycles. The van der Waals surface area contributed by atoms with Crippen molar-refractivity contribution in [2.75, 3.05) is 6.54 Å². The maximum Gasteiger partial charge on any atom is 0.335 e. The highest BCUT2D eigenvalue weighted by molar-refractivity contribution is 6.33. The largest absolute Gasteiger partial charge is 0.478 e. The second-order valence-corrected chi connectivity index (χ2v) is 7.64. The van der Waals surface area contributed by atoms with Crippen molar-refractivity contribution in [1.29, 1.82) is 5.26 Å². The number of hydrogen-bond donors (Lipinski definition) is 3. The molecule has 4 aromatic rings. The molecule has 0 unspecified atom stereocenters. The summed E-state index contributed by atoms with van der Waals surface area (Å²) in [4.78, 5) is 26.9. The van der Waals surface area contributed by atoms with Crippen molar-refractivity contribution in [2.45, 2.75) is 6.42 Å². The van der Waals surface area contributed by atoms with Gasteiger partial charge >= 0.3 is 5.97 Å². The number of para-hydroxylation sites is 1. The zero-order valence-corrected chi connectivity index (χ0v) is 18.0. The molecule has 0 aliphatic carbocycles. The molecule has 0 aliphatic heterocycles. The molecule has 3 N–H and O–H groups in total. The third-order valence-corrected chi connectivity index (χ3v) is 5.44. The van der Waals surface area contributed by atoms with Gasteiger partial charge in [-0.1, -0.05) is 29.8 Å². The number of fused-ring (bicyclic) bond motifs is 1. The normalized spacial score (nSPS) is 11.3. The fraction of sp³-hybridized carbons (Fsp3) is 0.0800. The number of nitrogens with one attached hydrogen (secondary N) is 2. The first-order valence-electron chi connectivity index (χ1n) is 10.0. The van der Waals surface area contributed by atoms with Gasteiger partial charge in [0, 0.05) is 35.3 Å². The molecule has 8 heteroatoms. The molecule has 2 aromatic heterocycles. The van der Waals surface area contributed by atoms with Crippen molar-refractivity contribution in [1.82, 2.24) is 10.3 Å². The summed E-state index contributed by atoms with van der Waals surface area (Å²) in [7, 11) is 0. The second-order valence-electron chi connectivity index (χ2n) is 7.24. The molecular formula is C25H18ClN3O4. The van der Waals surface area contributed by atoms with Gasteiger partial charge in [-0.05, 0) is 48.4 Å². The van der Waals surface area contributed by atoms with E-state index in [2.05, 4.69) is 10.3 Å². The monoisotopic (exact) mass is 459 g/mol. The van der Waals surface area contributed by atoms with E-state index in [-0.39, 0.29) is 16.9 Å². The standard InChI is InChI=1S/C25H18ClN3O4/c26-21-7-5-15(25(31)32)12-20(21)23-8-6-18(33-23)11-17(13-27)24(30)28-10-9-16-14-29-22-4-2-1-3-19(16)22/h1-8,11-12,14,29H,9-10H2,(H,28,30)(H,31,32)/b17-11+. The second kappa shape index (κ2) is 9.47. The lowest BCUT2D eigenvalue weighted by molar-refractivity contribution is -0.117. The van der Waals surface area contributed by atoms with Gasteiger partial charge in [0.05, 0.1) is 10.6 Å². The van der Waals surface area contributed by atoms with Gasteiger partial charge in [-0.15, -0.1) is 0 Å². The molecule has 2 aromatic carbocycles. The molecule has 2 heterocycles. The van der Waals surface area contributed by atoms with E-state index in [0.717, 1.165) is 16.5 Å². The summed E-state index contributed by atoms with van der Waals surface area (Å²) >= 11 is 6.18. The van der Waals surface area contributed by atoms with Crippen molar-refractivity contribution >= 4 is 40.5 Å². The molecular weight excluding hydrogens is 442 g/mol. The third kappa shape index (κ3) is 4.81. The number of nitriles is 1. The first-order chi connectivity index (χ1) is 16.0. The Morgan fingerprint density at radius 2 is 2.00 bits per heavy atom. The van der Waals surface area contributed by atoms with Crippen LogP contribution in [0.4, 0.5) is 0 Å². The maximum atomic E-state index is 12.5. The number of carboxylic acids is 1. The van der Waals surface area contributed by atoms with Gasteiger partial charge in [0.1, 0.15) is 23.2 Å². The number of furan rings is 1. The van der Waals surface area contributed by atoms with Crippen molar-refractivity contribution in [3.63, 3.8) is 0 Å². The molecule has 0 aliphatic rings. The van der Waals surface area contributed by atoms with Crippen LogP contribution in [0.25, 0.3) is 28.3 Å². The van der Waals surface area contributed by atoms with Crippen LogP contribution in [-0.2, 0) is 11.2 Å². The SMILES string of the molecule is N#C/C(=C\c1ccc(-c2cc(C(=O)O)ccc2Cl)o1)C(=O)NCCc1c[nH]c2ccccc12. The molecule has 33 heavy (non-hydrogen) atoms. The third-order valence-electron chi connectivity index (χ3n) is 5.11. The van der Waals surface area contributed by atoms with Crippen LogP contribution in [0, 0.1) is 11.3 Å². The number of aromatic amines is 1. The van der Waals surface area contributed by atoms with Crippen LogP contribution in [0.1, 0.15) is 21.7 Å². The number of amides is 1. The summed E-state index contributed by atoms with van der Waals surface area (Å²) in [5.41, 5.74) is 2.46. The lowest BCUT2D eigenvalue weighted by Crippen LogP contribution is -2.26. The molecule has 0 bridgehead atoms. The summed E-state index contributed by atoms with van der Waals surface area (Å²) < 4.78 is 5.69. The number of hydrogen-bond acceptors (Lipinski definition) is 4. The minimum atomic E-state index is -1.09. The first-order valence-corrected chi connectivity index (χ1v) is 10.4. The van der Waals surface area contributed by atoms with Gasteiger partial charge in [-0.25, -0.2) is 4.79 Å². The van der Waals surface area contributed by atoms with Crippen molar-refractivity contribution in [2.24, 2.45) is 0 Å². The fourth-order valence-electron chi connectivity index (χ4n) is 3.46. The molecule has 164 valence electrons. The Bertz CT molecular complexity index is 1420. The van der Waals surface area contributed by atoms with E-state index < -0.39 is 11.9 Å². The number of aromatic carboxylic acids is 1. The van der Waals surface area contributed by atoms with Crippen molar-refractivity contribution in [3.8, 4) is 17.4 Å². The molecule has 0 spiro atoms. The van der Waals surface area contributed by atoms with E-state index in [1.165, 1.54) is 24.3 Å². The van der Waals surface area contributed by atoms with E-state index in [1.54, 1.807) is 12.1 Å². The predicted molar refractivity (Wildman–Crippen MR) is 125 cm³/mol. The van der Waals surface area contributed by atoms with E-state index in [1.807, 2.05) is 36.5 Å². The van der Waals surface area contributed by atoms with E-state index in [4.69, 9.17) is 16.0 Å². The molecule has 0 fully saturated rings. The van der Waals surface area contributed by atoms with Crippen LogP contribution in [0.15, 0.2) is 70.8 Å². The minimum Gasteiger partial charge on any atom is -0.478 e. The quantitative estimate of drug-likeness (QED) is 0.264. The number of nitrogens with zero attached hydrogens (tertiary/aromatic N) is 1. The highest BCUT2D eigenvalue weighted by Crippen LogP contribution is 2.31. The zero-order chi connectivity index (χ0) is 23.4. The summed E-state index contributed by atoms with van der Waals surface area (Å²) in [6.45, 7) is 0.362. The summed E-state index contributed by atoms with van der Waals surface area (Å²) in [6.07, 6.45) is 3.85. The van der Waals surface area contributed by atoms with Gasteiger partial charge in [0.15, 0.2) is 0 Å². The van der Waals surface area contributed by atoms with Gasteiger partial charge in [0.25, 0.3) is 5.91 Å². The highest BCUT2D eigenvalue weighted by Gasteiger charge is 2.14. The summed E-state index contributed by atoms with van der Waals surface area (Å²) in [5, 5.41) is 22.8. The van der Waals surface area contributed by atoms with Crippen LogP contribution in [-0.4, -0.2) is 28.5 Å². The maximum absolute atomic E-state index is 12.5. The number of aromatic nitrogens is 1. The van der Waals surface area contributed by atoms with Gasteiger partial charge in [-0.3, -0.25) is 4.79 Å². The minimum absolute atomic E-state index is 0.0650. The van der Waals surface area contributed by atoms with E-state index in [0.29, 0.717) is 29.3 Å². The fourth-order valence-corrected chi connectivity index (χ4v) is 3.67. The Morgan fingerprint density at radius 3 is 2.79 bits per heavy atom. The zero-order valence-electron chi connectivity index (χ0n) is 17.3. The molecule has 0 radical (unpaired) electrons.